The highest BCUT2D eigenvalue weighted by Gasteiger charge is 1.98. The van der Waals surface area contributed by atoms with E-state index in [-0.39, 0.29) is 6.04 Å². The molecular weight excluding hydrogens is 86.1 g/mol. The van der Waals surface area contributed by atoms with Crippen molar-refractivity contribution in [1.29, 1.82) is 0 Å². The average molecular weight is 99.2 g/mol. The van der Waals surface area contributed by atoms with Gasteiger partial charge in [0.1, 0.15) is 0 Å². The molecular formula is C6H13N. The molecule has 0 unspecified atom stereocenters. The van der Waals surface area contributed by atoms with Gasteiger partial charge in [0.2, 0.25) is 0 Å². The molecule has 0 bridgehead atoms. The molecule has 0 saturated heterocycles. The number of hydrogen-bond acceptors (Lipinski definition) is 1. The van der Waals surface area contributed by atoms with Crippen LogP contribution in [0.1, 0.15) is 13.8 Å². The molecule has 0 aromatic rings. The fraction of sp³-hybridized carbons (Fsp3) is 0.667. The minimum Gasteiger partial charge on any atom is -0.327 e. The van der Waals surface area contributed by atoms with E-state index >= 15 is 0 Å². The van der Waals surface area contributed by atoms with Gasteiger partial charge in [0.15, 0.2) is 0 Å². The molecule has 0 fully saturated rings. The summed E-state index contributed by atoms with van der Waals surface area (Å²) < 4.78 is 0. The third kappa shape index (κ3) is 2.40. The zero-order valence-corrected chi connectivity index (χ0v) is 5.02. The van der Waals surface area contributed by atoms with Crippen molar-refractivity contribution in [3.63, 3.8) is 0 Å². The first-order valence-electron chi connectivity index (χ1n) is 2.56. The van der Waals surface area contributed by atoms with Crippen molar-refractivity contribution in [2.24, 2.45) is 11.7 Å². The monoisotopic (exact) mass is 99.1 g/mol. The van der Waals surface area contributed by atoms with E-state index in [0.717, 1.165) is 0 Å². The van der Waals surface area contributed by atoms with Crippen molar-refractivity contribution in [1.82, 2.24) is 0 Å². The van der Waals surface area contributed by atoms with Gasteiger partial charge in [-0.15, -0.1) is 6.58 Å². The molecule has 2 N–H and O–H groups in total. The first-order valence-corrected chi connectivity index (χ1v) is 2.56. The summed E-state index contributed by atoms with van der Waals surface area (Å²) in [7, 11) is 0. The highest BCUT2D eigenvalue weighted by molar-refractivity contribution is 4.80. The Kier molecular flexibility index (Phi) is 2.68. The Hall–Kier alpha value is -0.300. The second kappa shape index (κ2) is 2.80. The maximum atomic E-state index is 5.48. The molecule has 0 aromatic carbocycles. The summed E-state index contributed by atoms with van der Waals surface area (Å²) in [6.07, 6.45) is 1.87. The van der Waals surface area contributed by atoms with Crippen LogP contribution in [0.25, 0.3) is 0 Å². The summed E-state index contributed by atoms with van der Waals surface area (Å²) in [6.45, 7) is 7.63. The lowest BCUT2D eigenvalue weighted by atomic mass is 10.1. The summed E-state index contributed by atoms with van der Waals surface area (Å²) in [5, 5.41) is 0. The van der Waals surface area contributed by atoms with Crippen LogP contribution in [0.2, 0.25) is 0 Å². The first kappa shape index (κ1) is 6.70. The summed E-state index contributed by atoms with van der Waals surface area (Å²) >= 11 is 0. The van der Waals surface area contributed by atoms with Crippen LogP contribution < -0.4 is 5.73 Å². The van der Waals surface area contributed by atoms with Crippen LogP contribution in [0.3, 0.4) is 0 Å². The number of hydrogen-bond donors (Lipinski definition) is 1. The molecule has 0 radical (unpaired) electrons. The molecule has 0 spiro atoms. The topological polar surface area (TPSA) is 26.0 Å². The third-order valence-electron chi connectivity index (χ3n) is 1.20. The Morgan fingerprint density at radius 2 is 2.00 bits per heavy atom. The van der Waals surface area contributed by atoms with Gasteiger partial charge >= 0.3 is 0 Å². The van der Waals surface area contributed by atoms with E-state index < -0.39 is 0 Å². The van der Waals surface area contributed by atoms with Gasteiger partial charge in [-0.05, 0) is 12.8 Å². The average Bonchev–Trinajstić information content (AvgIpc) is 1.65. The predicted octanol–water partition coefficient (Wildman–Crippen LogP) is 1.16. The lowest BCUT2D eigenvalue weighted by Crippen LogP contribution is -2.22. The van der Waals surface area contributed by atoms with Crippen LogP contribution in [0, 0.1) is 5.92 Å². The van der Waals surface area contributed by atoms with E-state index in [4.69, 9.17) is 5.73 Å². The minimum absolute atomic E-state index is 0.248. The van der Waals surface area contributed by atoms with Gasteiger partial charge in [0.25, 0.3) is 0 Å². The molecule has 0 amide bonds. The van der Waals surface area contributed by atoms with Gasteiger partial charge in [0, 0.05) is 6.04 Å². The molecule has 0 aliphatic carbocycles. The number of nitrogens with two attached hydrogens (primary N) is 1. The third-order valence-corrected chi connectivity index (χ3v) is 1.20. The molecule has 42 valence electrons. The molecule has 0 heterocycles. The summed E-state index contributed by atoms with van der Waals surface area (Å²) in [5.74, 6) is 0.444. The molecule has 1 heteroatoms. The molecule has 7 heavy (non-hydrogen) atoms. The summed E-state index contributed by atoms with van der Waals surface area (Å²) in [4.78, 5) is 0. The largest absolute Gasteiger partial charge is 0.327 e. The van der Waals surface area contributed by atoms with E-state index in [1.54, 1.807) is 0 Å². The van der Waals surface area contributed by atoms with Gasteiger partial charge in [-0.3, -0.25) is 0 Å². The van der Waals surface area contributed by atoms with Gasteiger partial charge < -0.3 is 5.73 Å². The van der Waals surface area contributed by atoms with Gasteiger partial charge in [-0.25, -0.2) is 0 Å². The van der Waals surface area contributed by atoms with E-state index in [0.29, 0.717) is 5.92 Å². The fourth-order valence-corrected chi connectivity index (χ4v) is 0.215. The smallest absolute Gasteiger partial charge is 0.00706 e. The van der Waals surface area contributed by atoms with Gasteiger partial charge in [-0.1, -0.05) is 13.0 Å². The van der Waals surface area contributed by atoms with Crippen molar-refractivity contribution in [3.05, 3.63) is 12.7 Å². The van der Waals surface area contributed by atoms with Gasteiger partial charge in [0.05, 0.1) is 0 Å². The standard InChI is InChI=1S/C6H13N/c1-4-5(2)6(3)7/h4-6H,1,7H2,2-3H3/t5-,6+/m0/s1. The second-order valence-electron chi connectivity index (χ2n) is 1.95. The Morgan fingerprint density at radius 3 is 2.00 bits per heavy atom. The predicted molar refractivity (Wildman–Crippen MR) is 33.0 cm³/mol. The molecule has 0 rings (SSSR count). The normalized spacial score (nSPS) is 18.1. The Balaban J connectivity index is 3.33. The van der Waals surface area contributed by atoms with E-state index in [2.05, 4.69) is 13.5 Å². The Morgan fingerprint density at radius 1 is 1.57 bits per heavy atom. The molecule has 1 nitrogen and oxygen atoms in total. The van der Waals surface area contributed by atoms with Crippen LogP contribution in [0.15, 0.2) is 12.7 Å². The van der Waals surface area contributed by atoms with Crippen molar-refractivity contribution in [2.45, 2.75) is 19.9 Å². The van der Waals surface area contributed by atoms with Gasteiger partial charge in [-0.2, -0.15) is 0 Å². The van der Waals surface area contributed by atoms with Crippen LogP contribution in [0.5, 0.6) is 0 Å². The lowest BCUT2D eigenvalue weighted by Gasteiger charge is -2.07. The Bertz CT molecular complexity index is 57.2. The highest BCUT2D eigenvalue weighted by atomic mass is 14.6. The van der Waals surface area contributed by atoms with E-state index in [1.165, 1.54) is 0 Å². The van der Waals surface area contributed by atoms with Crippen LogP contribution in [-0.2, 0) is 0 Å². The fourth-order valence-electron chi connectivity index (χ4n) is 0.215. The van der Waals surface area contributed by atoms with Crippen LogP contribution in [-0.4, -0.2) is 6.04 Å². The number of rotatable bonds is 2. The van der Waals surface area contributed by atoms with Crippen LogP contribution >= 0.6 is 0 Å². The molecule has 0 aliphatic rings. The first-order chi connectivity index (χ1) is 3.18. The van der Waals surface area contributed by atoms with E-state index in [1.807, 2.05) is 13.0 Å². The van der Waals surface area contributed by atoms with E-state index in [9.17, 15) is 0 Å². The summed E-state index contributed by atoms with van der Waals surface area (Å²) in [5.41, 5.74) is 5.48. The lowest BCUT2D eigenvalue weighted by molar-refractivity contribution is 0.583. The molecule has 0 aromatic heterocycles. The SMILES string of the molecule is C=C[C@H](C)[C@@H](C)N. The Labute approximate surface area is 45.2 Å². The van der Waals surface area contributed by atoms with Crippen molar-refractivity contribution < 1.29 is 0 Å². The molecule has 0 saturated carbocycles. The quantitative estimate of drug-likeness (QED) is 0.516. The second-order valence-corrected chi connectivity index (χ2v) is 1.95. The zero-order chi connectivity index (χ0) is 5.86. The van der Waals surface area contributed by atoms with Crippen molar-refractivity contribution in [2.75, 3.05) is 0 Å². The zero-order valence-electron chi connectivity index (χ0n) is 5.02. The summed E-state index contributed by atoms with van der Waals surface area (Å²) in [6, 6.07) is 0.248. The highest BCUT2D eigenvalue weighted by Crippen LogP contribution is 1.97. The van der Waals surface area contributed by atoms with Crippen molar-refractivity contribution in [3.8, 4) is 0 Å². The van der Waals surface area contributed by atoms with Crippen molar-refractivity contribution >= 4 is 0 Å². The maximum absolute atomic E-state index is 5.48. The maximum Gasteiger partial charge on any atom is 0.00706 e. The molecule has 0 aliphatic heterocycles. The minimum atomic E-state index is 0.248. The molecule has 2 atom stereocenters. The van der Waals surface area contributed by atoms with Crippen LogP contribution in [0.4, 0.5) is 0 Å².